The van der Waals surface area contributed by atoms with E-state index in [4.69, 9.17) is 0 Å². The zero-order valence-electron chi connectivity index (χ0n) is 7.54. The van der Waals surface area contributed by atoms with E-state index < -0.39 is 13.4 Å². The number of nitrogens with zero attached hydrogens (tertiary/aromatic N) is 2. The van der Waals surface area contributed by atoms with Crippen molar-refractivity contribution in [2.75, 3.05) is 0 Å². The van der Waals surface area contributed by atoms with Crippen molar-refractivity contribution in [3.8, 4) is 0 Å². The zero-order chi connectivity index (χ0) is 10.1. The van der Waals surface area contributed by atoms with E-state index in [0.717, 1.165) is 4.57 Å². The molecule has 0 N–H and O–H groups in total. The molecule has 1 aromatic rings. The maximum atomic E-state index is 12.1. The van der Waals surface area contributed by atoms with Crippen LogP contribution in [0.2, 0.25) is 0 Å². The van der Waals surface area contributed by atoms with Crippen molar-refractivity contribution in [1.82, 2.24) is 9.55 Å². The van der Waals surface area contributed by atoms with E-state index in [9.17, 15) is 12.9 Å². The number of aromatic nitrogens is 2. The first kappa shape index (κ1) is 10.1. The fourth-order valence-corrected chi connectivity index (χ4v) is 1.20. The second-order valence-electron chi connectivity index (χ2n) is 3.30. The van der Waals surface area contributed by atoms with E-state index in [2.05, 4.69) is 4.98 Å². The van der Waals surface area contributed by atoms with Gasteiger partial charge in [0.2, 0.25) is 0 Å². The number of hydrogen-bond acceptors (Lipinski definition) is 1. The van der Waals surface area contributed by atoms with Gasteiger partial charge < -0.3 is 17.5 Å². The van der Waals surface area contributed by atoms with E-state index in [1.807, 2.05) is 13.8 Å². The van der Waals surface area contributed by atoms with Crippen LogP contribution in [0.15, 0.2) is 12.4 Å². The van der Waals surface area contributed by atoms with Crippen molar-refractivity contribution in [2.45, 2.75) is 26.2 Å². The molecule has 0 fully saturated rings. The van der Waals surface area contributed by atoms with Crippen LogP contribution in [0.3, 0.4) is 0 Å². The van der Waals surface area contributed by atoms with Crippen LogP contribution in [0.4, 0.5) is 12.9 Å². The fraction of sp³-hybridized carbons (Fsp3) is 0.571. The van der Waals surface area contributed by atoms with E-state index >= 15 is 0 Å². The topological polar surface area (TPSA) is 17.8 Å². The first-order valence-electron chi connectivity index (χ1n) is 4.12. The third-order valence-corrected chi connectivity index (χ3v) is 1.67. The summed E-state index contributed by atoms with van der Waals surface area (Å²) in [5, 5.41) is 0. The molecule has 1 rings (SSSR count). The molecule has 0 bridgehead atoms. The Bertz CT molecular complexity index is 280. The monoisotopic (exact) mass is 191 g/mol. The highest BCUT2D eigenvalue weighted by Gasteiger charge is 2.24. The third kappa shape index (κ3) is 2.79. The van der Waals surface area contributed by atoms with Crippen molar-refractivity contribution < 1.29 is 12.9 Å². The molecule has 0 aromatic carbocycles. The first-order chi connectivity index (χ1) is 5.90. The summed E-state index contributed by atoms with van der Waals surface area (Å²) >= 11 is 0. The number of rotatable bonds is 3. The van der Waals surface area contributed by atoms with Gasteiger partial charge in [-0.1, -0.05) is 13.8 Å². The van der Waals surface area contributed by atoms with E-state index in [-0.39, 0.29) is 5.92 Å². The molecule has 0 amide bonds. The predicted octanol–water partition coefficient (Wildman–Crippen LogP) is 2.39. The minimum Gasteiger partial charge on any atom is -0.448 e. The molecule has 6 heteroatoms. The number of halogens is 3. The van der Waals surface area contributed by atoms with Gasteiger partial charge in [0.15, 0.2) is 0 Å². The number of imidazole rings is 1. The third-order valence-electron chi connectivity index (χ3n) is 1.67. The maximum absolute atomic E-state index is 12.1. The molecular formula is C7H11BF3N2-. The molecular weight excluding hydrogens is 180 g/mol. The Morgan fingerprint density at radius 2 is 2.08 bits per heavy atom. The molecule has 0 radical (unpaired) electrons. The van der Waals surface area contributed by atoms with Crippen LogP contribution in [0.5, 0.6) is 0 Å². The smallest absolute Gasteiger partial charge is 0.448 e. The van der Waals surface area contributed by atoms with Crippen molar-refractivity contribution in [1.29, 1.82) is 0 Å². The average Bonchev–Trinajstić information content (AvgIpc) is 2.31. The largest absolute Gasteiger partial charge is 0.497 e. The first-order valence-corrected chi connectivity index (χ1v) is 4.12. The Labute approximate surface area is 74.8 Å². The molecule has 0 saturated heterocycles. The average molecular weight is 191 g/mol. The molecule has 0 spiro atoms. The van der Waals surface area contributed by atoms with Crippen molar-refractivity contribution >= 4 is 6.98 Å². The van der Waals surface area contributed by atoms with Crippen LogP contribution in [0.1, 0.15) is 25.6 Å². The van der Waals surface area contributed by atoms with Gasteiger partial charge in [0.1, 0.15) is 5.82 Å². The van der Waals surface area contributed by atoms with Gasteiger partial charge in [0, 0.05) is 18.3 Å². The van der Waals surface area contributed by atoms with Crippen molar-refractivity contribution in [3.63, 3.8) is 0 Å². The zero-order valence-corrected chi connectivity index (χ0v) is 7.54. The lowest BCUT2D eigenvalue weighted by atomic mass is 9.92. The molecule has 0 aliphatic heterocycles. The van der Waals surface area contributed by atoms with Gasteiger partial charge in [-0.2, -0.15) is 0 Å². The molecule has 0 aliphatic carbocycles. The van der Waals surface area contributed by atoms with Crippen LogP contribution in [-0.4, -0.2) is 16.5 Å². The normalized spacial score (nSPS) is 12.5. The summed E-state index contributed by atoms with van der Waals surface area (Å²) in [7, 11) is 0. The lowest BCUT2D eigenvalue weighted by molar-refractivity contribution is 0.440. The second kappa shape index (κ2) is 3.43. The summed E-state index contributed by atoms with van der Waals surface area (Å²) in [6.07, 6.45) is 1.87. The summed E-state index contributed by atoms with van der Waals surface area (Å²) < 4.78 is 37.4. The Hall–Kier alpha value is -0.935. The molecule has 74 valence electrons. The molecule has 1 heterocycles. The molecule has 0 unspecified atom stereocenters. The Balaban J connectivity index is 2.83. The summed E-state index contributed by atoms with van der Waals surface area (Å²) in [5.74, 6) is 0.507. The molecule has 1 aromatic heterocycles. The standard InChI is InChI=1S/C7H11BF3N2/c1-6(2)7-12-3-4-13(7)5-8(9,10)11/h3-4,6H,5H2,1-2H3/q-1. The highest BCUT2D eigenvalue weighted by molar-refractivity contribution is 6.57. The lowest BCUT2D eigenvalue weighted by Gasteiger charge is -2.17. The summed E-state index contributed by atoms with van der Waals surface area (Å²) in [6.45, 7) is -1.14. The van der Waals surface area contributed by atoms with Crippen LogP contribution < -0.4 is 0 Å². The van der Waals surface area contributed by atoms with Crippen LogP contribution in [0, 0.1) is 0 Å². The van der Waals surface area contributed by atoms with Crippen LogP contribution >= 0.6 is 0 Å². The van der Waals surface area contributed by atoms with E-state index in [1.54, 1.807) is 0 Å². The highest BCUT2D eigenvalue weighted by Crippen LogP contribution is 2.17. The molecule has 0 saturated carbocycles. The van der Waals surface area contributed by atoms with Crippen LogP contribution in [-0.2, 0) is 6.44 Å². The Kier molecular flexibility index (Phi) is 2.68. The molecule has 2 nitrogen and oxygen atoms in total. The van der Waals surface area contributed by atoms with Gasteiger partial charge in [-0.15, -0.1) is 0 Å². The quantitative estimate of drug-likeness (QED) is 0.670. The minimum atomic E-state index is -4.78. The van der Waals surface area contributed by atoms with Gasteiger partial charge in [-0.05, 0) is 6.44 Å². The maximum Gasteiger partial charge on any atom is 0.497 e. The van der Waals surface area contributed by atoms with Gasteiger partial charge in [-0.3, -0.25) is 0 Å². The van der Waals surface area contributed by atoms with E-state index in [1.165, 1.54) is 12.4 Å². The van der Waals surface area contributed by atoms with Gasteiger partial charge in [0.05, 0.1) is 0 Å². The SMILES string of the molecule is CC(C)c1nccn1C[B-](F)(F)F. The lowest BCUT2D eigenvalue weighted by Crippen LogP contribution is -2.25. The predicted molar refractivity (Wildman–Crippen MR) is 45.4 cm³/mol. The summed E-state index contributed by atoms with van der Waals surface area (Å²) in [4.78, 5) is 3.87. The van der Waals surface area contributed by atoms with Crippen LogP contribution in [0.25, 0.3) is 0 Å². The molecule has 0 atom stereocenters. The van der Waals surface area contributed by atoms with Gasteiger partial charge in [-0.25, -0.2) is 4.98 Å². The highest BCUT2D eigenvalue weighted by atomic mass is 19.4. The second-order valence-corrected chi connectivity index (χ2v) is 3.30. The number of hydrogen-bond donors (Lipinski definition) is 0. The Morgan fingerprint density at radius 1 is 1.46 bits per heavy atom. The van der Waals surface area contributed by atoms with Gasteiger partial charge >= 0.3 is 6.98 Å². The molecule has 13 heavy (non-hydrogen) atoms. The Morgan fingerprint density at radius 3 is 2.54 bits per heavy atom. The molecule has 0 aliphatic rings. The minimum absolute atomic E-state index is 0.0214. The van der Waals surface area contributed by atoms with E-state index in [0.29, 0.717) is 5.82 Å². The van der Waals surface area contributed by atoms with Gasteiger partial charge in [0.25, 0.3) is 0 Å². The summed E-state index contributed by atoms with van der Waals surface area (Å²) in [6, 6.07) is 0. The fourth-order valence-electron chi connectivity index (χ4n) is 1.20. The summed E-state index contributed by atoms with van der Waals surface area (Å²) in [5.41, 5.74) is 0. The van der Waals surface area contributed by atoms with Crippen molar-refractivity contribution in [3.05, 3.63) is 18.2 Å². The van der Waals surface area contributed by atoms with Crippen molar-refractivity contribution in [2.24, 2.45) is 0 Å².